The maximum atomic E-state index is 12.3. The molecule has 0 unspecified atom stereocenters. The summed E-state index contributed by atoms with van der Waals surface area (Å²) >= 11 is 5.65. The molecule has 104 valence electrons. The van der Waals surface area contributed by atoms with Gasteiger partial charge in [-0.25, -0.2) is 0 Å². The molecule has 0 bridgehead atoms. The van der Waals surface area contributed by atoms with Crippen molar-refractivity contribution in [2.24, 2.45) is 0 Å². The van der Waals surface area contributed by atoms with Crippen molar-refractivity contribution >= 4 is 55.8 Å². The summed E-state index contributed by atoms with van der Waals surface area (Å²) < 4.78 is 2.04. The third-order valence-electron chi connectivity index (χ3n) is 2.80. The van der Waals surface area contributed by atoms with Crippen LogP contribution in [0.4, 0.5) is 11.4 Å². The molecule has 0 aliphatic carbocycles. The Morgan fingerprint density at radius 2 is 1.80 bits per heavy atom. The maximum Gasteiger partial charge on any atom is 0.255 e. The molecule has 0 aromatic heterocycles. The van der Waals surface area contributed by atoms with E-state index in [1.54, 1.807) is 0 Å². The van der Waals surface area contributed by atoms with Crippen molar-refractivity contribution in [3.8, 4) is 0 Å². The first-order valence-electron chi connectivity index (χ1n) is 6.01. The Bertz CT molecular complexity index is 626. The van der Waals surface area contributed by atoms with E-state index in [0.29, 0.717) is 5.56 Å². The zero-order valence-electron chi connectivity index (χ0n) is 11.2. The summed E-state index contributed by atoms with van der Waals surface area (Å²) in [4.78, 5) is 14.2. The van der Waals surface area contributed by atoms with Gasteiger partial charge in [0, 0.05) is 27.7 Å². The molecule has 0 saturated carbocycles. The highest BCUT2D eigenvalue weighted by molar-refractivity contribution is 14.1. The second kappa shape index (κ2) is 6.58. The second-order valence-electron chi connectivity index (χ2n) is 4.52. The quantitative estimate of drug-likeness (QED) is 0.713. The molecule has 2 rings (SSSR count). The van der Waals surface area contributed by atoms with Gasteiger partial charge in [-0.3, -0.25) is 4.79 Å². The van der Waals surface area contributed by atoms with Crippen LogP contribution in [-0.4, -0.2) is 20.0 Å². The summed E-state index contributed by atoms with van der Waals surface area (Å²) in [7, 11) is 3.90. The lowest BCUT2D eigenvalue weighted by Crippen LogP contribution is -2.16. The monoisotopic (exact) mass is 444 g/mol. The highest BCUT2D eigenvalue weighted by Gasteiger charge is 2.10. The Labute approximate surface area is 140 Å². The van der Waals surface area contributed by atoms with Crippen LogP contribution in [0.2, 0.25) is 0 Å². The fourth-order valence-electron chi connectivity index (χ4n) is 1.79. The van der Waals surface area contributed by atoms with Crippen LogP contribution in [0.25, 0.3) is 0 Å². The molecule has 0 aliphatic heterocycles. The Balaban J connectivity index is 2.27. The van der Waals surface area contributed by atoms with Crippen LogP contribution in [0.3, 0.4) is 0 Å². The standard InChI is InChI=1S/C15H14BrIN2O/c1-19(2)14-8-5-11(16)9-13(14)18-15(20)10-3-6-12(17)7-4-10/h3-9H,1-2H3,(H,18,20). The lowest BCUT2D eigenvalue weighted by Gasteiger charge is -2.18. The van der Waals surface area contributed by atoms with Crippen molar-refractivity contribution in [2.75, 3.05) is 24.3 Å². The number of carbonyl (C=O) groups is 1. The zero-order chi connectivity index (χ0) is 14.7. The predicted octanol–water partition coefficient (Wildman–Crippen LogP) is 4.37. The second-order valence-corrected chi connectivity index (χ2v) is 6.68. The van der Waals surface area contributed by atoms with Crippen LogP contribution in [-0.2, 0) is 0 Å². The van der Waals surface area contributed by atoms with Gasteiger partial charge >= 0.3 is 0 Å². The van der Waals surface area contributed by atoms with Crippen molar-refractivity contribution in [2.45, 2.75) is 0 Å². The largest absolute Gasteiger partial charge is 0.376 e. The molecular weight excluding hydrogens is 431 g/mol. The molecule has 0 fully saturated rings. The van der Waals surface area contributed by atoms with E-state index in [9.17, 15) is 4.79 Å². The number of hydrogen-bond donors (Lipinski definition) is 1. The van der Waals surface area contributed by atoms with Crippen molar-refractivity contribution in [1.82, 2.24) is 0 Å². The average molecular weight is 445 g/mol. The van der Waals surface area contributed by atoms with Crippen molar-refractivity contribution < 1.29 is 4.79 Å². The molecule has 1 amide bonds. The molecule has 0 aliphatic rings. The Hall–Kier alpha value is -1.08. The van der Waals surface area contributed by atoms with Gasteiger partial charge in [0.05, 0.1) is 11.4 Å². The first kappa shape index (κ1) is 15.3. The molecule has 3 nitrogen and oxygen atoms in total. The maximum absolute atomic E-state index is 12.3. The van der Waals surface area contributed by atoms with Crippen LogP contribution in [0.15, 0.2) is 46.9 Å². The van der Waals surface area contributed by atoms with Crippen LogP contribution >= 0.6 is 38.5 Å². The molecule has 0 heterocycles. The Morgan fingerprint density at radius 1 is 1.15 bits per heavy atom. The number of hydrogen-bond acceptors (Lipinski definition) is 2. The van der Waals surface area contributed by atoms with Gasteiger partial charge in [-0.2, -0.15) is 0 Å². The molecule has 0 radical (unpaired) electrons. The topological polar surface area (TPSA) is 32.3 Å². The SMILES string of the molecule is CN(C)c1ccc(Br)cc1NC(=O)c1ccc(I)cc1. The van der Waals surface area contributed by atoms with Crippen molar-refractivity contribution in [1.29, 1.82) is 0 Å². The number of nitrogens with one attached hydrogen (secondary N) is 1. The van der Waals surface area contributed by atoms with E-state index in [-0.39, 0.29) is 5.91 Å². The summed E-state index contributed by atoms with van der Waals surface area (Å²) in [5.41, 5.74) is 2.40. The molecular formula is C15H14BrIN2O. The third-order valence-corrected chi connectivity index (χ3v) is 4.01. The summed E-state index contributed by atoms with van der Waals surface area (Å²) in [5.74, 6) is -0.109. The molecule has 0 spiro atoms. The summed E-state index contributed by atoms with van der Waals surface area (Å²) in [6, 6.07) is 13.3. The van der Waals surface area contributed by atoms with Gasteiger partial charge in [0.25, 0.3) is 5.91 Å². The van der Waals surface area contributed by atoms with E-state index in [1.165, 1.54) is 0 Å². The van der Waals surface area contributed by atoms with Gasteiger partial charge in [-0.05, 0) is 65.1 Å². The lowest BCUT2D eigenvalue weighted by molar-refractivity contribution is 0.102. The fraction of sp³-hybridized carbons (Fsp3) is 0.133. The normalized spacial score (nSPS) is 10.2. The van der Waals surface area contributed by atoms with Crippen LogP contribution < -0.4 is 10.2 Å². The average Bonchev–Trinajstić information content (AvgIpc) is 2.39. The first-order chi connectivity index (χ1) is 9.47. The molecule has 2 aromatic rings. The number of carbonyl (C=O) groups excluding carboxylic acids is 1. The van der Waals surface area contributed by atoms with E-state index in [4.69, 9.17) is 0 Å². The number of amides is 1. The highest BCUT2D eigenvalue weighted by Crippen LogP contribution is 2.28. The number of halogens is 2. The number of rotatable bonds is 3. The van der Waals surface area contributed by atoms with Crippen LogP contribution in [0, 0.1) is 3.57 Å². The number of benzene rings is 2. The minimum Gasteiger partial charge on any atom is -0.376 e. The number of nitrogens with zero attached hydrogens (tertiary/aromatic N) is 1. The van der Waals surface area contributed by atoms with Crippen molar-refractivity contribution in [3.63, 3.8) is 0 Å². The van der Waals surface area contributed by atoms with Gasteiger partial charge in [-0.1, -0.05) is 15.9 Å². The third kappa shape index (κ3) is 3.73. The molecule has 2 aromatic carbocycles. The minimum absolute atomic E-state index is 0.109. The lowest BCUT2D eigenvalue weighted by atomic mass is 10.2. The van der Waals surface area contributed by atoms with Gasteiger partial charge in [0.1, 0.15) is 0 Å². The van der Waals surface area contributed by atoms with Crippen LogP contribution in [0.1, 0.15) is 10.4 Å². The van der Waals surface area contributed by atoms with E-state index < -0.39 is 0 Å². The van der Waals surface area contributed by atoms with E-state index >= 15 is 0 Å². The first-order valence-corrected chi connectivity index (χ1v) is 7.88. The van der Waals surface area contributed by atoms with E-state index in [1.807, 2.05) is 61.5 Å². The Kier molecular flexibility index (Phi) is 5.04. The minimum atomic E-state index is -0.109. The van der Waals surface area contributed by atoms with E-state index in [2.05, 4.69) is 43.8 Å². The van der Waals surface area contributed by atoms with Gasteiger partial charge < -0.3 is 10.2 Å². The van der Waals surface area contributed by atoms with E-state index in [0.717, 1.165) is 19.4 Å². The van der Waals surface area contributed by atoms with Gasteiger partial charge in [0.2, 0.25) is 0 Å². The number of anilines is 2. The summed E-state index contributed by atoms with van der Waals surface area (Å²) in [5, 5.41) is 2.96. The van der Waals surface area contributed by atoms with Gasteiger partial charge in [-0.15, -0.1) is 0 Å². The summed E-state index contributed by atoms with van der Waals surface area (Å²) in [6.45, 7) is 0. The molecule has 0 atom stereocenters. The summed E-state index contributed by atoms with van der Waals surface area (Å²) in [6.07, 6.45) is 0. The van der Waals surface area contributed by atoms with Gasteiger partial charge in [0.15, 0.2) is 0 Å². The Morgan fingerprint density at radius 3 is 2.40 bits per heavy atom. The van der Waals surface area contributed by atoms with Crippen LogP contribution in [0.5, 0.6) is 0 Å². The van der Waals surface area contributed by atoms with Crippen molar-refractivity contribution in [3.05, 3.63) is 56.1 Å². The zero-order valence-corrected chi connectivity index (χ0v) is 14.9. The smallest absolute Gasteiger partial charge is 0.255 e. The molecule has 5 heteroatoms. The molecule has 0 saturated heterocycles. The molecule has 20 heavy (non-hydrogen) atoms. The predicted molar refractivity (Wildman–Crippen MR) is 95.6 cm³/mol. The highest BCUT2D eigenvalue weighted by atomic mass is 127. The fourth-order valence-corrected chi connectivity index (χ4v) is 2.51. The molecule has 1 N–H and O–H groups in total.